The number of hydrogen-bond donors (Lipinski definition) is 2. The van der Waals surface area contributed by atoms with Gasteiger partial charge in [-0.15, -0.1) is 11.6 Å². The molecule has 0 unspecified atom stereocenters. The second kappa shape index (κ2) is 7.06. The minimum absolute atomic E-state index is 0.151. The van der Waals surface area contributed by atoms with Crippen LogP contribution in [0.15, 0.2) is 18.2 Å². The first kappa shape index (κ1) is 21.3. The van der Waals surface area contributed by atoms with Gasteiger partial charge in [0.15, 0.2) is 0 Å². The van der Waals surface area contributed by atoms with Crippen LogP contribution in [-0.4, -0.2) is 22.9 Å². The van der Waals surface area contributed by atoms with Crippen molar-refractivity contribution in [2.45, 2.75) is 56.4 Å². The van der Waals surface area contributed by atoms with Crippen LogP contribution in [0.4, 0.5) is 0 Å². The van der Waals surface area contributed by atoms with E-state index in [1.54, 1.807) is 12.1 Å². The molecular formula is C18H25ClN2O6S2. The van der Waals surface area contributed by atoms with Crippen molar-refractivity contribution in [2.75, 3.05) is 0 Å². The molecule has 29 heavy (non-hydrogen) atoms. The Bertz CT molecular complexity index is 1030. The van der Waals surface area contributed by atoms with Gasteiger partial charge in [0, 0.05) is 0 Å². The quantitative estimate of drug-likeness (QED) is 0.656. The summed E-state index contributed by atoms with van der Waals surface area (Å²) in [5.74, 6) is 0.999. The number of fused-ring (bicyclic) bond motifs is 5. The number of hydrogen-bond acceptors (Lipinski definition) is 6. The lowest BCUT2D eigenvalue weighted by atomic mass is 9.55. The maximum absolute atomic E-state index is 11.5. The predicted molar refractivity (Wildman–Crippen MR) is 108 cm³/mol. The summed E-state index contributed by atoms with van der Waals surface area (Å²) >= 11 is 6.71. The second-order valence-electron chi connectivity index (χ2n) is 8.65. The van der Waals surface area contributed by atoms with Gasteiger partial charge in [0.1, 0.15) is 5.75 Å². The van der Waals surface area contributed by atoms with Gasteiger partial charge in [-0.1, -0.05) is 13.0 Å². The molecule has 0 spiro atoms. The molecule has 162 valence electrons. The van der Waals surface area contributed by atoms with E-state index in [1.165, 1.54) is 0 Å². The summed E-state index contributed by atoms with van der Waals surface area (Å²) < 4.78 is 55.5. The topological polar surface area (TPSA) is 139 Å². The van der Waals surface area contributed by atoms with Gasteiger partial charge in [-0.25, -0.2) is 5.14 Å². The van der Waals surface area contributed by atoms with Crippen LogP contribution in [-0.2, 0) is 24.8 Å². The highest BCUT2D eigenvalue weighted by Crippen LogP contribution is 2.63. The Morgan fingerprint density at radius 1 is 1.07 bits per heavy atom. The number of benzene rings is 1. The zero-order valence-electron chi connectivity index (χ0n) is 16.0. The highest BCUT2D eigenvalue weighted by atomic mass is 35.5. The molecule has 0 aromatic heterocycles. The Labute approximate surface area is 176 Å². The molecule has 4 rings (SSSR count). The van der Waals surface area contributed by atoms with Gasteiger partial charge in [-0.05, 0) is 78.5 Å². The molecule has 0 amide bonds. The lowest BCUT2D eigenvalue weighted by Gasteiger charge is -2.51. The summed E-state index contributed by atoms with van der Waals surface area (Å²) in [6.45, 7) is 2.10. The molecule has 4 N–H and O–H groups in total. The molecule has 3 aliphatic carbocycles. The van der Waals surface area contributed by atoms with Crippen LogP contribution in [0.3, 0.4) is 0 Å². The van der Waals surface area contributed by atoms with Crippen LogP contribution in [0, 0.1) is 17.3 Å². The monoisotopic (exact) mass is 464 g/mol. The highest BCUT2D eigenvalue weighted by Gasteiger charge is 2.57. The molecular weight excluding hydrogens is 440 g/mol. The third kappa shape index (κ3) is 4.03. The molecule has 1 aromatic carbocycles. The van der Waals surface area contributed by atoms with Crippen molar-refractivity contribution >= 4 is 32.2 Å². The van der Waals surface area contributed by atoms with Gasteiger partial charge >= 0.3 is 20.6 Å². The van der Waals surface area contributed by atoms with Gasteiger partial charge in [-0.3, -0.25) is 4.18 Å². The maximum Gasteiger partial charge on any atom is 0.380 e. The number of rotatable bonds is 4. The number of halogens is 1. The van der Waals surface area contributed by atoms with Crippen molar-refractivity contribution in [3.05, 3.63) is 29.3 Å². The fourth-order valence-electron chi connectivity index (χ4n) is 5.99. The van der Waals surface area contributed by atoms with E-state index < -0.39 is 26.7 Å². The van der Waals surface area contributed by atoms with E-state index in [9.17, 15) is 16.8 Å². The Morgan fingerprint density at radius 3 is 2.45 bits per heavy atom. The second-order valence-corrected chi connectivity index (χ2v) is 11.5. The predicted octanol–water partition coefficient (Wildman–Crippen LogP) is 2.45. The van der Waals surface area contributed by atoms with Crippen LogP contribution < -0.4 is 14.5 Å². The zero-order chi connectivity index (χ0) is 21.2. The SMILES string of the molecule is C[C@]12CC[C@@H]3c4ccc(OS(N)(=O)=O)cc4[C@@H](Cl)C[C@H]3[C@@H]1CC[C@@H]2OS(N)(=O)=O. The molecule has 2 fully saturated rings. The molecule has 0 bridgehead atoms. The van der Waals surface area contributed by atoms with E-state index >= 15 is 0 Å². The summed E-state index contributed by atoms with van der Waals surface area (Å²) in [6.07, 6.45) is 3.52. The Balaban J connectivity index is 1.63. The Kier molecular flexibility index (Phi) is 5.20. The molecule has 0 heterocycles. The van der Waals surface area contributed by atoms with Gasteiger partial charge in [-0.2, -0.15) is 22.0 Å². The first-order valence-corrected chi connectivity index (χ1v) is 13.0. The fourth-order valence-corrected chi connectivity index (χ4v) is 7.39. The van der Waals surface area contributed by atoms with Gasteiger partial charge in [0.2, 0.25) is 0 Å². The smallest absolute Gasteiger partial charge is 0.371 e. The molecule has 0 radical (unpaired) electrons. The molecule has 6 atom stereocenters. The van der Waals surface area contributed by atoms with Gasteiger partial charge < -0.3 is 4.18 Å². The van der Waals surface area contributed by atoms with Crippen LogP contribution >= 0.6 is 11.6 Å². The molecule has 1 aromatic rings. The van der Waals surface area contributed by atoms with Crippen LogP contribution in [0.1, 0.15) is 61.4 Å². The normalized spacial score (nSPS) is 36.8. The molecule has 3 aliphatic rings. The zero-order valence-corrected chi connectivity index (χ0v) is 18.3. The first-order valence-electron chi connectivity index (χ1n) is 9.58. The van der Waals surface area contributed by atoms with E-state index in [-0.39, 0.29) is 28.4 Å². The lowest BCUT2D eigenvalue weighted by molar-refractivity contribution is -0.00850. The number of nitrogens with two attached hydrogens (primary N) is 2. The molecule has 8 nitrogen and oxygen atoms in total. The summed E-state index contributed by atoms with van der Waals surface area (Å²) in [6, 6.07) is 5.13. The Morgan fingerprint density at radius 2 is 1.79 bits per heavy atom. The summed E-state index contributed by atoms with van der Waals surface area (Å²) in [4.78, 5) is 0. The maximum atomic E-state index is 11.5. The minimum atomic E-state index is -4.10. The highest BCUT2D eigenvalue weighted by molar-refractivity contribution is 7.84. The van der Waals surface area contributed by atoms with E-state index in [0.717, 1.165) is 36.8 Å². The minimum Gasteiger partial charge on any atom is -0.371 e. The van der Waals surface area contributed by atoms with Crippen molar-refractivity contribution in [3.63, 3.8) is 0 Å². The average Bonchev–Trinajstić information content (AvgIpc) is 2.89. The average molecular weight is 465 g/mol. The summed E-state index contributed by atoms with van der Waals surface area (Å²) in [5, 5.41) is 9.81. The standard InChI is InChI=1S/C18H25ClN2O6S2/c1-18-7-6-12-11-3-2-10(26-28(20,22)23)8-14(11)16(19)9-13(12)15(18)4-5-17(18)27-29(21,24)25/h2-3,8,12-13,15-17H,4-7,9H2,1H3,(H2,20,22,23)(H2,21,24,25)/t12-,13-,15+,16+,17+,18+/m1/s1. The first-order chi connectivity index (χ1) is 13.4. The summed E-state index contributed by atoms with van der Waals surface area (Å²) in [5.41, 5.74) is 1.70. The van der Waals surface area contributed by atoms with E-state index in [4.69, 9.17) is 30.2 Å². The van der Waals surface area contributed by atoms with E-state index in [2.05, 4.69) is 6.92 Å². The van der Waals surface area contributed by atoms with Crippen LogP contribution in [0.25, 0.3) is 0 Å². The van der Waals surface area contributed by atoms with E-state index in [1.807, 2.05) is 6.07 Å². The van der Waals surface area contributed by atoms with Crippen molar-refractivity contribution < 1.29 is 25.2 Å². The van der Waals surface area contributed by atoms with Crippen molar-refractivity contribution in [1.82, 2.24) is 0 Å². The fraction of sp³-hybridized carbons (Fsp3) is 0.667. The number of alkyl halides is 1. The molecule has 0 saturated heterocycles. The van der Waals surface area contributed by atoms with Crippen molar-refractivity contribution in [2.24, 2.45) is 27.5 Å². The third-order valence-electron chi connectivity index (χ3n) is 7.09. The van der Waals surface area contributed by atoms with Crippen molar-refractivity contribution in [1.29, 1.82) is 0 Å². The van der Waals surface area contributed by atoms with Crippen LogP contribution in [0.5, 0.6) is 5.75 Å². The molecule has 0 aliphatic heterocycles. The largest absolute Gasteiger partial charge is 0.380 e. The van der Waals surface area contributed by atoms with Crippen LogP contribution in [0.2, 0.25) is 0 Å². The van der Waals surface area contributed by atoms with Gasteiger partial charge in [0.05, 0.1) is 11.5 Å². The lowest BCUT2D eigenvalue weighted by Crippen LogP contribution is -2.45. The Hall–Kier alpha value is -0.910. The van der Waals surface area contributed by atoms with Gasteiger partial charge in [0.25, 0.3) is 0 Å². The summed E-state index contributed by atoms with van der Waals surface area (Å²) in [7, 11) is -8.11. The van der Waals surface area contributed by atoms with Crippen molar-refractivity contribution in [3.8, 4) is 5.75 Å². The van der Waals surface area contributed by atoms with E-state index in [0.29, 0.717) is 12.3 Å². The molecule has 2 saturated carbocycles. The molecule has 11 heteroatoms. The third-order valence-corrected chi connectivity index (χ3v) is 8.43.